The van der Waals surface area contributed by atoms with Crippen molar-refractivity contribution >= 4 is 28.8 Å². The number of aliphatic imine (C=N–C) groups is 1. The van der Waals surface area contributed by atoms with Crippen LogP contribution in [0.1, 0.15) is 53.6 Å². The van der Waals surface area contributed by atoms with Crippen molar-refractivity contribution < 1.29 is 4.79 Å². The molecule has 2 aromatic carbocycles. The smallest absolute Gasteiger partial charge is 0.260 e. The normalized spacial score (nSPS) is 18.9. The Kier molecular flexibility index (Phi) is 4.45. The third-order valence-electron chi connectivity index (χ3n) is 5.34. The standard InChI is InChI=1S/C22H22N2OS/c1-16-10-12-18(13-11-16)20(25)24-21(26)19(17-8-4-2-5-9-17)23-22(24)14-6-3-7-15-22/h2,4-5,8-13H,3,6-7,14-15H2,1H3. The number of benzene rings is 2. The summed E-state index contributed by atoms with van der Waals surface area (Å²) in [6, 6.07) is 17.7. The molecule has 4 heteroatoms. The minimum absolute atomic E-state index is 0.0356. The lowest BCUT2D eigenvalue weighted by Gasteiger charge is -2.38. The van der Waals surface area contributed by atoms with Gasteiger partial charge in [0, 0.05) is 11.1 Å². The van der Waals surface area contributed by atoms with Crippen molar-refractivity contribution in [3.8, 4) is 0 Å². The van der Waals surface area contributed by atoms with Crippen molar-refractivity contribution in [3.05, 3.63) is 71.3 Å². The topological polar surface area (TPSA) is 32.7 Å². The molecule has 0 saturated heterocycles. The summed E-state index contributed by atoms with van der Waals surface area (Å²) in [6.45, 7) is 2.02. The molecule has 1 amide bonds. The minimum Gasteiger partial charge on any atom is -0.271 e. The van der Waals surface area contributed by atoms with E-state index in [4.69, 9.17) is 17.2 Å². The largest absolute Gasteiger partial charge is 0.271 e. The summed E-state index contributed by atoms with van der Waals surface area (Å²) in [7, 11) is 0. The van der Waals surface area contributed by atoms with E-state index in [9.17, 15) is 4.79 Å². The summed E-state index contributed by atoms with van der Waals surface area (Å²) in [5.41, 5.74) is 3.07. The number of aryl methyl sites for hydroxylation is 1. The van der Waals surface area contributed by atoms with E-state index in [1.54, 1.807) is 4.90 Å². The van der Waals surface area contributed by atoms with Crippen molar-refractivity contribution in [1.82, 2.24) is 4.90 Å². The molecule has 2 aliphatic rings. The van der Waals surface area contributed by atoms with Gasteiger partial charge in [0.15, 0.2) is 0 Å². The Bertz CT molecular complexity index is 865. The minimum atomic E-state index is -0.511. The Balaban J connectivity index is 1.76. The fraction of sp³-hybridized carbons (Fsp3) is 0.318. The highest BCUT2D eigenvalue weighted by atomic mass is 32.1. The maximum absolute atomic E-state index is 13.4. The number of amides is 1. The van der Waals surface area contributed by atoms with Crippen LogP contribution in [0.15, 0.2) is 59.6 Å². The van der Waals surface area contributed by atoms with E-state index in [1.165, 1.54) is 6.42 Å². The lowest BCUT2D eigenvalue weighted by molar-refractivity contribution is 0.0648. The molecule has 0 atom stereocenters. The first-order valence-corrected chi connectivity index (χ1v) is 9.62. The zero-order valence-electron chi connectivity index (χ0n) is 14.9. The Morgan fingerprint density at radius 1 is 1.00 bits per heavy atom. The van der Waals surface area contributed by atoms with Gasteiger partial charge in [0.25, 0.3) is 5.91 Å². The SMILES string of the molecule is Cc1ccc(C(=O)N2C(=S)C(c3ccccc3)=NC23CCCCC3)cc1. The lowest BCUT2D eigenvalue weighted by atomic mass is 9.88. The Labute approximate surface area is 159 Å². The molecular formula is C22H22N2OS. The molecule has 0 radical (unpaired) electrons. The fourth-order valence-electron chi connectivity index (χ4n) is 3.94. The molecule has 4 rings (SSSR count). The molecule has 1 heterocycles. The van der Waals surface area contributed by atoms with Crippen molar-refractivity contribution in [2.24, 2.45) is 4.99 Å². The Hall–Kier alpha value is -2.33. The second-order valence-corrected chi connectivity index (χ2v) is 7.57. The molecule has 132 valence electrons. The van der Waals surface area contributed by atoms with Gasteiger partial charge in [-0.15, -0.1) is 0 Å². The summed E-state index contributed by atoms with van der Waals surface area (Å²) in [5, 5.41) is 0. The third kappa shape index (κ3) is 2.88. The predicted octanol–water partition coefficient (Wildman–Crippen LogP) is 4.93. The van der Waals surface area contributed by atoms with Gasteiger partial charge in [-0.1, -0.05) is 66.7 Å². The summed E-state index contributed by atoms with van der Waals surface area (Å²) in [5.74, 6) is -0.0356. The fourth-order valence-corrected chi connectivity index (χ4v) is 4.36. The molecule has 1 aliphatic carbocycles. The van der Waals surface area contributed by atoms with Gasteiger partial charge >= 0.3 is 0 Å². The average Bonchev–Trinajstić information content (AvgIpc) is 2.95. The van der Waals surface area contributed by atoms with Crippen molar-refractivity contribution in [2.45, 2.75) is 44.7 Å². The van der Waals surface area contributed by atoms with Crippen LogP contribution in [0.4, 0.5) is 0 Å². The van der Waals surface area contributed by atoms with Crippen LogP contribution in [0.3, 0.4) is 0 Å². The van der Waals surface area contributed by atoms with E-state index in [0.717, 1.165) is 42.5 Å². The Morgan fingerprint density at radius 2 is 1.65 bits per heavy atom. The second-order valence-electron chi connectivity index (χ2n) is 7.18. The number of hydrogen-bond acceptors (Lipinski definition) is 3. The van der Waals surface area contributed by atoms with Crippen LogP contribution in [0.5, 0.6) is 0 Å². The Morgan fingerprint density at radius 3 is 2.31 bits per heavy atom. The first kappa shape index (κ1) is 17.1. The van der Waals surface area contributed by atoms with Gasteiger partial charge in [0.1, 0.15) is 16.4 Å². The lowest BCUT2D eigenvalue weighted by Crippen LogP contribution is -2.50. The molecule has 0 bridgehead atoms. The van der Waals surface area contributed by atoms with Gasteiger partial charge in [0.2, 0.25) is 0 Å². The molecule has 1 saturated carbocycles. The summed E-state index contributed by atoms with van der Waals surface area (Å²) in [6.07, 6.45) is 5.09. The highest BCUT2D eigenvalue weighted by Gasteiger charge is 2.48. The van der Waals surface area contributed by atoms with Gasteiger partial charge < -0.3 is 0 Å². The highest BCUT2D eigenvalue weighted by molar-refractivity contribution is 7.82. The predicted molar refractivity (Wildman–Crippen MR) is 109 cm³/mol. The number of nitrogens with zero attached hydrogens (tertiary/aromatic N) is 2. The van der Waals surface area contributed by atoms with Gasteiger partial charge in [-0.3, -0.25) is 14.7 Å². The number of rotatable bonds is 2. The second kappa shape index (κ2) is 6.76. The molecule has 0 aromatic heterocycles. The van der Waals surface area contributed by atoms with E-state index in [-0.39, 0.29) is 5.91 Å². The van der Waals surface area contributed by atoms with E-state index < -0.39 is 5.66 Å². The first-order chi connectivity index (χ1) is 12.6. The van der Waals surface area contributed by atoms with Gasteiger partial charge in [0.05, 0.1) is 0 Å². The average molecular weight is 362 g/mol. The molecule has 1 aliphatic heterocycles. The molecule has 2 aromatic rings. The molecule has 1 spiro atoms. The van der Waals surface area contributed by atoms with Crippen molar-refractivity contribution in [3.63, 3.8) is 0 Å². The van der Waals surface area contributed by atoms with Crippen LogP contribution >= 0.6 is 12.2 Å². The number of hydrogen-bond donors (Lipinski definition) is 0. The highest BCUT2D eigenvalue weighted by Crippen LogP contribution is 2.41. The van der Waals surface area contributed by atoms with Gasteiger partial charge in [-0.2, -0.15) is 0 Å². The molecular weight excluding hydrogens is 340 g/mol. The van der Waals surface area contributed by atoms with Crippen LogP contribution in [-0.2, 0) is 0 Å². The molecule has 1 fully saturated rings. The van der Waals surface area contributed by atoms with Gasteiger partial charge in [-0.05, 0) is 44.7 Å². The van der Waals surface area contributed by atoms with Crippen LogP contribution in [0, 0.1) is 6.92 Å². The van der Waals surface area contributed by atoms with E-state index in [2.05, 4.69) is 0 Å². The summed E-state index contributed by atoms with van der Waals surface area (Å²) < 4.78 is 0. The molecule has 26 heavy (non-hydrogen) atoms. The summed E-state index contributed by atoms with van der Waals surface area (Å²) >= 11 is 5.77. The monoisotopic (exact) mass is 362 g/mol. The third-order valence-corrected chi connectivity index (χ3v) is 5.72. The number of carbonyl (C=O) groups excluding carboxylic acids is 1. The zero-order valence-corrected chi connectivity index (χ0v) is 15.8. The quantitative estimate of drug-likeness (QED) is 0.710. The van der Waals surface area contributed by atoms with Crippen LogP contribution in [0.2, 0.25) is 0 Å². The van der Waals surface area contributed by atoms with E-state index in [1.807, 2.05) is 61.5 Å². The maximum Gasteiger partial charge on any atom is 0.260 e. The van der Waals surface area contributed by atoms with Crippen molar-refractivity contribution in [2.75, 3.05) is 0 Å². The van der Waals surface area contributed by atoms with Crippen molar-refractivity contribution in [1.29, 1.82) is 0 Å². The summed E-state index contributed by atoms with van der Waals surface area (Å²) in [4.78, 5) is 20.8. The van der Waals surface area contributed by atoms with E-state index in [0.29, 0.717) is 10.6 Å². The molecule has 0 unspecified atom stereocenters. The van der Waals surface area contributed by atoms with Gasteiger partial charge in [-0.25, -0.2) is 0 Å². The first-order valence-electron chi connectivity index (χ1n) is 9.22. The zero-order chi connectivity index (χ0) is 18.1. The number of carbonyl (C=O) groups is 1. The molecule has 3 nitrogen and oxygen atoms in total. The molecule has 0 N–H and O–H groups in total. The van der Waals surface area contributed by atoms with E-state index >= 15 is 0 Å². The van der Waals surface area contributed by atoms with Crippen LogP contribution < -0.4 is 0 Å². The van der Waals surface area contributed by atoms with Crippen LogP contribution in [0.25, 0.3) is 0 Å². The number of thiocarbonyl (C=S) groups is 1. The van der Waals surface area contributed by atoms with Crippen LogP contribution in [-0.4, -0.2) is 27.2 Å². The maximum atomic E-state index is 13.4.